The molecule has 0 aliphatic heterocycles. The van der Waals surface area contributed by atoms with E-state index in [1.165, 1.54) is 0 Å². The molecule has 84 valence electrons. The van der Waals surface area contributed by atoms with Crippen molar-refractivity contribution in [1.82, 2.24) is 4.98 Å². The molecule has 0 radical (unpaired) electrons. The van der Waals surface area contributed by atoms with Crippen molar-refractivity contribution >= 4 is 5.82 Å². The maximum atomic E-state index is 5.55. The zero-order valence-corrected chi connectivity index (χ0v) is 9.49. The van der Waals surface area contributed by atoms with Crippen molar-refractivity contribution in [3.05, 3.63) is 23.9 Å². The van der Waals surface area contributed by atoms with Crippen LogP contribution in [0.15, 0.2) is 18.2 Å². The minimum atomic E-state index is 0.0926. The van der Waals surface area contributed by atoms with Gasteiger partial charge in [-0.05, 0) is 19.1 Å². The highest BCUT2D eigenvalue weighted by molar-refractivity contribution is 5.33. The molecule has 0 aliphatic carbocycles. The molecule has 4 heteroatoms. The number of aromatic nitrogens is 1. The lowest BCUT2D eigenvalue weighted by Crippen LogP contribution is -2.15. The van der Waals surface area contributed by atoms with E-state index in [1.54, 1.807) is 7.11 Å². The van der Waals surface area contributed by atoms with Crippen LogP contribution in [0, 0.1) is 0 Å². The van der Waals surface area contributed by atoms with Gasteiger partial charge in [0.1, 0.15) is 5.82 Å². The van der Waals surface area contributed by atoms with Crippen molar-refractivity contribution in [2.24, 2.45) is 0 Å². The first kappa shape index (κ1) is 11.9. The van der Waals surface area contributed by atoms with Gasteiger partial charge >= 0.3 is 0 Å². The summed E-state index contributed by atoms with van der Waals surface area (Å²) in [5.41, 5.74) is 0.921. The van der Waals surface area contributed by atoms with Crippen LogP contribution in [0.1, 0.15) is 12.6 Å². The van der Waals surface area contributed by atoms with Crippen molar-refractivity contribution in [2.75, 3.05) is 26.1 Å². The predicted octanol–water partition coefficient (Wildman–Crippen LogP) is 1.67. The lowest BCUT2D eigenvalue weighted by molar-refractivity contribution is -0.00132. The van der Waals surface area contributed by atoms with Crippen molar-refractivity contribution in [1.29, 1.82) is 0 Å². The molecule has 0 saturated carbocycles. The van der Waals surface area contributed by atoms with Crippen LogP contribution in [0.4, 0.5) is 5.82 Å². The fraction of sp³-hybridized carbons (Fsp3) is 0.545. The topological polar surface area (TPSA) is 43.4 Å². The Balaban J connectivity index is 2.43. The standard InChI is InChI=1S/C11H18N2O2/c1-9(7-14-3)15-8-10-5-4-6-11(12-2)13-10/h4-6,9H,7-8H2,1-3H3,(H,12,13). The molecular weight excluding hydrogens is 192 g/mol. The Morgan fingerprint density at radius 3 is 2.93 bits per heavy atom. The number of hydrogen-bond donors (Lipinski definition) is 1. The summed E-state index contributed by atoms with van der Waals surface area (Å²) in [5.74, 6) is 0.857. The molecule has 1 heterocycles. The van der Waals surface area contributed by atoms with Gasteiger partial charge in [-0.25, -0.2) is 4.98 Å². The molecule has 0 amide bonds. The molecule has 0 aliphatic rings. The second-order valence-corrected chi connectivity index (χ2v) is 3.34. The van der Waals surface area contributed by atoms with Gasteiger partial charge in [-0.2, -0.15) is 0 Å². The summed E-state index contributed by atoms with van der Waals surface area (Å²) in [6, 6.07) is 5.82. The Labute approximate surface area is 90.6 Å². The van der Waals surface area contributed by atoms with E-state index in [2.05, 4.69) is 10.3 Å². The minimum Gasteiger partial charge on any atom is -0.382 e. The molecule has 1 rings (SSSR count). The quantitative estimate of drug-likeness (QED) is 0.775. The van der Waals surface area contributed by atoms with Crippen molar-refractivity contribution < 1.29 is 9.47 Å². The second kappa shape index (κ2) is 6.37. The first-order chi connectivity index (χ1) is 7.26. The van der Waals surface area contributed by atoms with Gasteiger partial charge in [0.05, 0.1) is 25.0 Å². The molecule has 0 bridgehead atoms. The van der Waals surface area contributed by atoms with E-state index in [-0.39, 0.29) is 6.10 Å². The molecular formula is C11H18N2O2. The molecule has 1 unspecified atom stereocenters. The van der Waals surface area contributed by atoms with Gasteiger partial charge in [-0.3, -0.25) is 0 Å². The average Bonchev–Trinajstić information content (AvgIpc) is 2.27. The number of nitrogens with zero attached hydrogens (tertiary/aromatic N) is 1. The smallest absolute Gasteiger partial charge is 0.126 e. The summed E-state index contributed by atoms with van der Waals surface area (Å²) in [6.45, 7) is 3.09. The third kappa shape index (κ3) is 4.27. The summed E-state index contributed by atoms with van der Waals surface area (Å²) in [4.78, 5) is 4.35. The van der Waals surface area contributed by atoms with Crippen LogP contribution in [0.5, 0.6) is 0 Å². The average molecular weight is 210 g/mol. The molecule has 1 aromatic heterocycles. The molecule has 0 fully saturated rings. The van der Waals surface area contributed by atoms with Crippen LogP contribution < -0.4 is 5.32 Å². The Morgan fingerprint density at radius 1 is 1.47 bits per heavy atom. The fourth-order valence-electron chi connectivity index (χ4n) is 1.21. The van der Waals surface area contributed by atoms with Gasteiger partial charge in [0, 0.05) is 14.2 Å². The molecule has 1 aromatic rings. The summed E-state index contributed by atoms with van der Waals surface area (Å²) in [5, 5.41) is 2.99. The minimum absolute atomic E-state index is 0.0926. The van der Waals surface area contributed by atoms with E-state index < -0.39 is 0 Å². The molecule has 15 heavy (non-hydrogen) atoms. The first-order valence-corrected chi connectivity index (χ1v) is 5.00. The van der Waals surface area contributed by atoms with Crippen molar-refractivity contribution in [3.8, 4) is 0 Å². The highest BCUT2D eigenvalue weighted by atomic mass is 16.5. The van der Waals surface area contributed by atoms with E-state index in [0.29, 0.717) is 13.2 Å². The number of rotatable bonds is 6. The third-order valence-electron chi connectivity index (χ3n) is 1.98. The number of nitrogens with one attached hydrogen (secondary N) is 1. The summed E-state index contributed by atoms with van der Waals surface area (Å²) >= 11 is 0. The number of ether oxygens (including phenoxy) is 2. The zero-order valence-electron chi connectivity index (χ0n) is 9.49. The Kier molecular flexibility index (Phi) is 5.07. The molecule has 1 N–H and O–H groups in total. The second-order valence-electron chi connectivity index (χ2n) is 3.34. The SMILES string of the molecule is CNc1cccc(COC(C)COC)n1. The van der Waals surface area contributed by atoms with Gasteiger partial charge < -0.3 is 14.8 Å². The predicted molar refractivity (Wildman–Crippen MR) is 59.9 cm³/mol. The molecule has 1 atom stereocenters. The summed E-state index contributed by atoms with van der Waals surface area (Å²) < 4.78 is 10.5. The van der Waals surface area contributed by atoms with Crippen molar-refractivity contribution in [3.63, 3.8) is 0 Å². The van der Waals surface area contributed by atoms with Crippen LogP contribution in [0.2, 0.25) is 0 Å². The number of hydrogen-bond acceptors (Lipinski definition) is 4. The van der Waals surface area contributed by atoms with E-state index in [4.69, 9.17) is 9.47 Å². The van der Waals surface area contributed by atoms with Gasteiger partial charge in [-0.1, -0.05) is 6.07 Å². The monoisotopic (exact) mass is 210 g/mol. The normalized spacial score (nSPS) is 12.5. The molecule has 4 nitrogen and oxygen atoms in total. The lowest BCUT2D eigenvalue weighted by Gasteiger charge is -2.11. The zero-order chi connectivity index (χ0) is 11.1. The molecule has 0 saturated heterocycles. The Hall–Kier alpha value is -1.13. The number of anilines is 1. The molecule has 0 spiro atoms. The van der Waals surface area contributed by atoms with E-state index in [9.17, 15) is 0 Å². The van der Waals surface area contributed by atoms with Crippen LogP contribution in [0.3, 0.4) is 0 Å². The van der Waals surface area contributed by atoms with E-state index >= 15 is 0 Å². The highest BCUT2D eigenvalue weighted by Crippen LogP contribution is 2.06. The maximum absolute atomic E-state index is 5.55. The Bertz CT molecular complexity index is 292. The molecule has 0 aromatic carbocycles. The Morgan fingerprint density at radius 2 is 2.27 bits per heavy atom. The van der Waals surface area contributed by atoms with Gasteiger partial charge in [-0.15, -0.1) is 0 Å². The van der Waals surface area contributed by atoms with Crippen LogP contribution in [0.25, 0.3) is 0 Å². The first-order valence-electron chi connectivity index (χ1n) is 5.00. The fourth-order valence-corrected chi connectivity index (χ4v) is 1.21. The maximum Gasteiger partial charge on any atom is 0.126 e. The van der Waals surface area contributed by atoms with Gasteiger partial charge in [0.2, 0.25) is 0 Å². The van der Waals surface area contributed by atoms with E-state index in [1.807, 2.05) is 32.2 Å². The van der Waals surface area contributed by atoms with Gasteiger partial charge in [0.25, 0.3) is 0 Å². The van der Waals surface area contributed by atoms with Crippen LogP contribution in [-0.4, -0.2) is 31.9 Å². The van der Waals surface area contributed by atoms with Gasteiger partial charge in [0.15, 0.2) is 0 Å². The summed E-state index contributed by atoms with van der Waals surface area (Å²) in [7, 11) is 3.51. The van der Waals surface area contributed by atoms with Crippen LogP contribution in [-0.2, 0) is 16.1 Å². The van der Waals surface area contributed by atoms with E-state index in [0.717, 1.165) is 11.5 Å². The highest BCUT2D eigenvalue weighted by Gasteiger charge is 2.02. The third-order valence-corrected chi connectivity index (χ3v) is 1.98. The van der Waals surface area contributed by atoms with Crippen molar-refractivity contribution in [2.45, 2.75) is 19.6 Å². The number of pyridine rings is 1. The largest absolute Gasteiger partial charge is 0.382 e. The number of methoxy groups -OCH3 is 1. The summed E-state index contributed by atoms with van der Waals surface area (Å²) in [6.07, 6.45) is 0.0926. The van der Waals surface area contributed by atoms with Crippen LogP contribution >= 0.6 is 0 Å². The lowest BCUT2D eigenvalue weighted by atomic mass is 10.3.